The number of anilines is 1. The van der Waals surface area contributed by atoms with Gasteiger partial charge in [0.1, 0.15) is 0 Å². The fourth-order valence-corrected chi connectivity index (χ4v) is 4.51. The van der Waals surface area contributed by atoms with E-state index in [-0.39, 0.29) is 17.7 Å². The van der Waals surface area contributed by atoms with Crippen molar-refractivity contribution in [2.24, 2.45) is 0 Å². The lowest BCUT2D eigenvalue weighted by atomic mass is 10.1. The number of carbonyl (C=O) groups is 1. The lowest BCUT2D eigenvalue weighted by Crippen LogP contribution is -2.37. The van der Waals surface area contributed by atoms with Crippen molar-refractivity contribution in [1.82, 2.24) is 4.98 Å². The number of hydrogen-bond donors (Lipinski definition) is 0. The van der Waals surface area contributed by atoms with Crippen LogP contribution in [0.2, 0.25) is 5.02 Å². The maximum absolute atomic E-state index is 13.3. The second kappa shape index (κ2) is 8.06. The first-order valence-electron chi connectivity index (χ1n) is 9.17. The van der Waals surface area contributed by atoms with Gasteiger partial charge in [0, 0.05) is 29.3 Å². The number of non-ortho nitro benzene ring substituents is 1. The number of fused-ring (bicyclic) bond motifs is 1. The predicted molar refractivity (Wildman–Crippen MR) is 113 cm³/mol. The summed E-state index contributed by atoms with van der Waals surface area (Å²) < 4.78 is 6.67. The molecule has 9 heteroatoms. The number of halogens is 1. The summed E-state index contributed by atoms with van der Waals surface area (Å²) in [6.45, 7) is 2.96. The first-order valence-corrected chi connectivity index (χ1v) is 10.4. The highest BCUT2D eigenvalue weighted by molar-refractivity contribution is 7.22. The van der Waals surface area contributed by atoms with Crippen LogP contribution >= 0.6 is 22.9 Å². The van der Waals surface area contributed by atoms with E-state index in [4.69, 9.17) is 16.3 Å². The van der Waals surface area contributed by atoms with Crippen molar-refractivity contribution >= 4 is 49.9 Å². The highest BCUT2D eigenvalue weighted by Gasteiger charge is 2.27. The van der Waals surface area contributed by atoms with E-state index in [9.17, 15) is 14.9 Å². The molecule has 4 rings (SSSR count). The molecule has 1 amide bonds. The van der Waals surface area contributed by atoms with Gasteiger partial charge in [-0.1, -0.05) is 22.9 Å². The predicted octanol–water partition coefficient (Wildman–Crippen LogP) is 4.99. The Balaban J connectivity index is 1.72. The number of nitro groups is 1. The van der Waals surface area contributed by atoms with Crippen molar-refractivity contribution in [2.45, 2.75) is 25.9 Å². The molecule has 7 nitrogen and oxygen atoms in total. The van der Waals surface area contributed by atoms with Gasteiger partial charge < -0.3 is 4.74 Å². The van der Waals surface area contributed by atoms with E-state index in [1.54, 1.807) is 4.90 Å². The minimum Gasteiger partial charge on any atom is -0.376 e. The van der Waals surface area contributed by atoms with E-state index in [1.807, 2.05) is 19.1 Å². The van der Waals surface area contributed by atoms with Crippen LogP contribution in [-0.2, 0) is 4.74 Å². The SMILES string of the molecule is Cc1c(Cl)ccc2sc(N(CC3CCCO3)C(=O)c3ccc([N+](=O)[O-])cc3)nc12. The van der Waals surface area contributed by atoms with Crippen molar-refractivity contribution in [1.29, 1.82) is 0 Å². The molecule has 3 aromatic rings. The summed E-state index contributed by atoms with van der Waals surface area (Å²) in [5.41, 5.74) is 1.94. The minimum absolute atomic E-state index is 0.0579. The van der Waals surface area contributed by atoms with Crippen LogP contribution in [0.5, 0.6) is 0 Å². The van der Waals surface area contributed by atoms with Crippen LogP contribution in [0.15, 0.2) is 36.4 Å². The summed E-state index contributed by atoms with van der Waals surface area (Å²) in [5.74, 6) is -0.266. The highest BCUT2D eigenvalue weighted by atomic mass is 35.5. The quantitative estimate of drug-likeness (QED) is 0.419. The van der Waals surface area contributed by atoms with Gasteiger partial charge in [-0.2, -0.15) is 0 Å². The maximum atomic E-state index is 13.3. The largest absolute Gasteiger partial charge is 0.376 e. The molecule has 1 fully saturated rings. The number of hydrogen-bond acceptors (Lipinski definition) is 6. The van der Waals surface area contributed by atoms with Gasteiger partial charge in [-0.3, -0.25) is 19.8 Å². The summed E-state index contributed by atoms with van der Waals surface area (Å²) in [7, 11) is 0. The molecule has 1 unspecified atom stereocenters. The average Bonchev–Trinajstić information content (AvgIpc) is 3.38. The fraction of sp³-hybridized carbons (Fsp3) is 0.300. The molecule has 1 saturated heterocycles. The summed E-state index contributed by atoms with van der Waals surface area (Å²) in [6, 6.07) is 9.33. The Hall–Kier alpha value is -2.55. The van der Waals surface area contributed by atoms with Crippen molar-refractivity contribution in [3.63, 3.8) is 0 Å². The van der Waals surface area contributed by atoms with Gasteiger partial charge in [0.05, 0.1) is 27.8 Å². The zero-order valence-corrected chi connectivity index (χ0v) is 17.2. The van der Waals surface area contributed by atoms with E-state index < -0.39 is 4.92 Å². The topological polar surface area (TPSA) is 85.6 Å². The Labute approximate surface area is 176 Å². The van der Waals surface area contributed by atoms with Gasteiger partial charge in [0.15, 0.2) is 5.13 Å². The third-order valence-corrected chi connectivity index (χ3v) is 6.40. The Morgan fingerprint density at radius 1 is 1.34 bits per heavy atom. The van der Waals surface area contributed by atoms with Crippen molar-refractivity contribution in [3.8, 4) is 0 Å². The molecule has 2 aromatic carbocycles. The maximum Gasteiger partial charge on any atom is 0.269 e. The number of aromatic nitrogens is 1. The highest BCUT2D eigenvalue weighted by Crippen LogP contribution is 2.34. The number of aryl methyl sites for hydroxylation is 1. The molecule has 0 bridgehead atoms. The van der Waals surface area contributed by atoms with E-state index in [0.29, 0.717) is 28.9 Å². The molecule has 1 aliphatic rings. The van der Waals surface area contributed by atoms with Crippen LogP contribution in [-0.4, -0.2) is 35.1 Å². The van der Waals surface area contributed by atoms with Gasteiger partial charge in [-0.05, 0) is 49.6 Å². The number of amides is 1. The zero-order valence-electron chi connectivity index (χ0n) is 15.6. The van der Waals surface area contributed by atoms with E-state index >= 15 is 0 Å². The molecule has 29 heavy (non-hydrogen) atoms. The van der Waals surface area contributed by atoms with E-state index in [0.717, 1.165) is 28.6 Å². The monoisotopic (exact) mass is 431 g/mol. The number of carbonyl (C=O) groups excluding carboxylic acids is 1. The van der Waals surface area contributed by atoms with E-state index in [1.165, 1.54) is 35.6 Å². The van der Waals surface area contributed by atoms with Crippen LogP contribution < -0.4 is 4.90 Å². The smallest absolute Gasteiger partial charge is 0.269 e. The third kappa shape index (κ3) is 3.96. The normalized spacial score (nSPS) is 16.3. The van der Waals surface area contributed by atoms with Crippen LogP contribution in [0.1, 0.15) is 28.8 Å². The number of nitrogens with zero attached hydrogens (tertiary/aromatic N) is 3. The summed E-state index contributed by atoms with van der Waals surface area (Å²) in [5, 5.41) is 12.1. The lowest BCUT2D eigenvalue weighted by molar-refractivity contribution is -0.384. The Bertz CT molecular complexity index is 1080. The van der Waals surface area contributed by atoms with Gasteiger partial charge in [-0.15, -0.1) is 0 Å². The molecule has 0 radical (unpaired) electrons. The molecule has 1 aromatic heterocycles. The number of benzene rings is 2. The molecule has 0 N–H and O–H groups in total. The Kier molecular flexibility index (Phi) is 5.49. The van der Waals surface area contributed by atoms with Gasteiger partial charge in [-0.25, -0.2) is 4.98 Å². The fourth-order valence-electron chi connectivity index (χ4n) is 3.33. The lowest BCUT2D eigenvalue weighted by Gasteiger charge is -2.23. The number of ether oxygens (including phenoxy) is 1. The molecule has 0 spiro atoms. The van der Waals surface area contributed by atoms with E-state index in [2.05, 4.69) is 4.98 Å². The Morgan fingerprint density at radius 2 is 2.10 bits per heavy atom. The van der Waals surface area contributed by atoms with Crippen LogP contribution in [0.4, 0.5) is 10.8 Å². The second-order valence-corrected chi connectivity index (χ2v) is 8.29. The van der Waals surface area contributed by atoms with Gasteiger partial charge in [0.25, 0.3) is 11.6 Å². The summed E-state index contributed by atoms with van der Waals surface area (Å²) >= 11 is 7.64. The number of nitro benzene ring substituents is 1. The molecule has 150 valence electrons. The summed E-state index contributed by atoms with van der Waals surface area (Å²) in [6.07, 6.45) is 1.77. The average molecular weight is 432 g/mol. The zero-order chi connectivity index (χ0) is 20.5. The van der Waals surface area contributed by atoms with Crippen molar-refractivity contribution < 1.29 is 14.5 Å². The van der Waals surface area contributed by atoms with Crippen LogP contribution in [0.3, 0.4) is 0 Å². The first kappa shape index (κ1) is 19.8. The number of thiazole rings is 1. The number of rotatable bonds is 5. The first-order chi connectivity index (χ1) is 13.9. The van der Waals surface area contributed by atoms with Crippen molar-refractivity contribution in [3.05, 3.63) is 62.7 Å². The standard InChI is InChI=1S/C20H18ClN3O4S/c1-12-16(21)8-9-17-18(12)22-20(29-17)23(11-15-3-2-10-28-15)19(25)13-4-6-14(7-5-13)24(26)27/h4-9,15H,2-3,10-11H2,1H3. The van der Waals surface area contributed by atoms with Crippen LogP contribution in [0, 0.1) is 17.0 Å². The molecule has 1 atom stereocenters. The minimum atomic E-state index is -0.488. The third-order valence-electron chi connectivity index (χ3n) is 4.95. The molecule has 1 aliphatic heterocycles. The van der Waals surface area contributed by atoms with Gasteiger partial charge >= 0.3 is 0 Å². The second-order valence-electron chi connectivity index (χ2n) is 6.87. The van der Waals surface area contributed by atoms with Gasteiger partial charge in [0.2, 0.25) is 0 Å². The summed E-state index contributed by atoms with van der Waals surface area (Å²) in [4.78, 5) is 30.0. The Morgan fingerprint density at radius 3 is 2.76 bits per heavy atom. The molecular weight excluding hydrogens is 414 g/mol. The molecule has 2 heterocycles. The molecule has 0 aliphatic carbocycles. The molecular formula is C20H18ClN3O4S. The molecule has 0 saturated carbocycles. The van der Waals surface area contributed by atoms with Crippen molar-refractivity contribution in [2.75, 3.05) is 18.1 Å². The van der Waals surface area contributed by atoms with Crippen LogP contribution in [0.25, 0.3) is 10.2 Å².